The summed E-state index contributed by atoms with van der Waals surface area (Å²) < 4.78 is 7.33. The van der Waals surface area contributed by atoms with Gasteiger partial charge in [-0.3, -0.25) is 29.8 Å². The molecular weight excluding hydrogens is 528 g/mol. The zero-order valence-corrected chi connectivity index (χ0v) is 21.6. The molecular formula is C29H24N6O6. The zero-order valence-electron chi connectivity index (χ0n) is 21.6. The van der Waals surface area contributed by atoms with Gasteiger partial charge in [-0.1, -0.05) is 42.5 Å². The number of ketones is 1. The number of aryl methyl sites for hydroxylation is 1. The number of aromatic nitrogens is 2. The van der Waals surface area contributed by atoms with Crippen LogP contribution in [0, 0.1) is 10.1 Å². The number of Topliss-reactive ketones (excluding diaryl/α,β-unsaturated/α-hetero) is 1. The zero-order chi connectivity index (χ0) is 28.9. The second-order valence-electron chi connectivity index (χ2n) is 9.08. The molecule has 5 rings (SSSR count). The first kappa shape index (κ1) is 26.8. The first-order valence-corrected chi connectivity index (χ1v) is 12.6. The highest BCUT2D eigenvalue weighted by molar-refractivity contribution is 6.03. The molecule has 3 aromatic carbocycles. The predicted molar refractivity (Wildman–Crippen MR) is 152 cm³/mol. The number of nitrogens with two attached hydrogens (primary N) is 1. The van der Waals surface area contributed by atoms with E-state index in [2.05, 4.69) is 15.6 Å². The molecule has 206 valence electrons. The maximum Gasteiger partial charge on any atom is 0.293 e. The summed E-state index contributed by atoms with van der Waals surface area (Å²) in [6.07, 6.45) is 0.0115. The van der Waals surface area contributed by atoms with Gasteiger partial charge in [0.05, 0.1) is 22.5 Å². The van der Waals surface area contributed by atoms with Crippen molar-refractivity contribution in [1.82, 2.24) is 9.55 Å². The van der Waals surface area contributed by atoms with Gasteiger partial charge in [-0.15, -0.1) is 0 Å². The molecule has 12 nitrogen and oxygen atoms in total. The molecule has 0 saturated heterocycles. The van der Waals surface area contributed by atoms with Gasteiger partial charge < -0.3 is 20.0 Å². The molecule has 0 atom stereocenters. The molecule has 0 spiro atoms. The molecule has 0 bridgehead atoms. The number of carbonyl (C=O) groups is 3. The summed E-state index contributed by atoms with van der Waals surface area (Å²) in [6, 6.07) is 23.1. The lowest BCUT2D eigenvalue weighted by Gasteiger charge is -2.09. The third kappa shape index (κ3) is 6.11. The van der Waals surface area contributed by atoms with Gasteiger partial charge in [-0.2, -0.15) is 0 Å². The van der Waals surface area contributed by atoms with Crippen LogP contribution in [0.1, 0.15) is 27.3 Å². The number of rotatable bonds is 11. The van der Waals surface area contributed by atoms with Crippen LogP contribution in [-0.4, -0.2) is 38.6 Å². The molecule has 0 fully saturated rings. The number of hydrogen-bond donors (Lipinski definition) is 3. The van der Waals surface area contributed by atoms with Crippen molar-refractivity contribution in [1.29, 1.82) is 0 Å². The van der Waals surface area contributed by atoms with Crippen molar-refractivity contribution in [2.45, 2.75) is 13.0 Å². The van der Waals surface area contributed by atoms with E-state index in [9.17, 15) is 24.5 Å². The molecule has 0 aliphatic heterocycles. The summed E-state index contributed by atoms with van der Waals surface area (Å²) in [5.74, 6) is -0.798. The van der Waals surface area contributed by atoms with Crippen LogP contribution >= 0.6 is 0 Å². The first-order valence-electron chi connectivity index (χ1n) is 12.6. The van der Waals surface area contributed by atoms with Crippen molar-refractivity contribution in [3.05, 3.63) is 106 Å². The van der Waals surface area contributed by atoms with E-state index in [1.165, 1.54) is 24.3 Å². The maximum absolute atomic E-state index is 13.1. The van der Waals surface area contributed by atoms with Crippen molar-refractivity contribution in [2.75, 3.05) is 17.2 Å². The van der Waals surface area contributed by atoms with Crippen LogP contribution in [0.2, 0.25) is 0 Å². The topological polar surface area (TPSA) is 175 Å². The number of nitro groups is 1. The lowest BCUT2D eigenvalue weighted by atomic mass is 10.1. The average Bonchev–Trinajstić information content (AvgIpc) is 3.60. The monoisotopic (exact) mass is 552 g/mol. The normalized spacial score (nSPS) is 10.8. The predicted octanol–water partition coefficient (Wildman–Crippen LogP) is 4.63. The van der Waals surface area contributed by atoms with Crippen LogP contribution in [0.5, 0.6) is 0 Å². The number of nitrogens with one attached hydrogen (secondary N) is 2. The maximum atomic E-state index is 13.1. The molecule has 0 saturated carbocycles. The van der Waals surface area contributed by atoms with E-state index in [4.69, 9.17) is 10.2 Å². The summed E-state index contributed by atoms with van der Waals surface area (Å²) in [5, 5.41) is 16.9. The minimum atomic E-state index is -0.607. The van der Waals surface area contributed by atoms with Crippen LogP contribution in [0.15, 0.2) is 89.3 Å². The van der Waals surface area contributed by atoms with Gasteiger partial charge in [0.2, 0.25) is 11.9 Å². The van der Waals surface area contributed by atoms with E-state index in [0.717, 1.165) is 0 Å². The summed E-state index contributed by atoms with van der Waals surface area (Å²) >= 11 is 0. The van der Waals surface area contributed by atoms with E-state index in [-0.39, 0.29) is 48.4 Å². The number of benzene rings is 3. The number of anilines is 2. The fourth-order valence-electron chi connectivity index (χ4n) is 4.24. The van der Waals surface area contributed by atoms with Gasteiger partial charge >= 0.3 is 0 Å². The highest BCUT2D eigenvalue weighted by atomic mass is 16.6. The molecule has 12 heteroatoms. The number of hydrogen-bond acceptors (Lipinski definition) is 8. The molecule has 4 N–H and O–H groups in total. The Kier molecular flexibility index (Phi) is 7.54. The summed E-state index contributed by atoms with van der Waals surface area (Å²) in [6.45, 7) is 0.241. The van der Waals surface area contributed by atoms with Crippen LogP contribution in [-0.2, 0) is 11.3 Å². The van der Waals surface area contributed by atoms with Crippen molar-refractivity contribution >= 4 is 46.0 Å². The second-order valence-corrected chi connectivity index (χ2v) is 9.08. The summed E-state index contributed by atoms with van der Waals surface area (Å²) in [4.78, 5) is 52.2. The van der Waals surface area contributed by atoms with Crippen molar-refractivity contribution in [3.63, 3.8) is 0 Å². The Bertz CT molecular complexity index is 1780. The summed E-state index contributed by atoms with van der Waals surface area (Å²) in [7, 11) is 0. The molecule has 2 heterocycles. The van der Waals surface area contributed by atoms with E-state index < -0.39 is 16.7 Å². The average molecular weight is 553 g/mol. The molecule has 2 amide bonds. The van der Waals surface area contributed by atoms with Crippen molar-refractivity contribution < 1.29 is 23.7 Å². The Hall–Kier alpha value is -5.78. The largest absolute Gasteiger partial charge is 0.451 e. The standard InChI is InChI=1S/C29H24N6O6/c30-27(37)13-14-34-23-10-9-20(31-17-24(36)18-5-2-1-3-6-18)16-22(23)32-29(34)33-28(38)26-12-11-25(41-26)19-7-4-8-21(15-19)35(39)40/h1-12,15-16,31H,13-14,17H2,(H2,30,37)(H,32,33,38). The van der Waals surface area contributed by atoms with Crippen LogP contribution < -0.4 is 16.4 Å². The van der Waals surface area contributed by atoms with E-state index >= 15 is 0 Å². The van der Waals surface area contributed by atoms with Gasteiger partial charge in [0.15, 0.2) is 11.5 Å². The van der Waals surface area contributed by atoms with Gasteiger partial charge in [-0.05, 0) is 30.3 Å². The Morgan fingerprint density at radius 3 is 2.54 bits per heavy atom. The fraction of sp³-hybridized carbons (Fsp3) is 0.103. The third-order valence-corrected chi connectivity index (χ3v) is 6.28. The number of nitro benzene ring substituents is 1. The molecule has 0 aliphatic rings. The van der Waals surface area contributed by atoms with E-state index in [0.29, 0.717) is 27.8 Å². The molecule has 5 aromatic rings. The molecule has 41 heavy (non-hydrogen) atoms. The third-order valence-electron chi connectivity index (χ3n) is 6.28. The Morgan fingerprint density at radius 2 is 1.78 bits per heavy atom. The van der Waals surface area contributed by atoms with E-state index in [1.54, 1.807) is 59.2 Å². The number of imidazole rings is 1. The Labute approximate surface area is 232 Å². The minimum absolute atomic E-state index is 0.0115. The number of amides is 2. The Morgan fingerprint density at radius 1 is 0.976 bits per heavy atom. The van der Waals surface area contributed by atoms with Crippen molar-refractivity contribution in [3.8, 4) is 11.3 Å². The quantitative estimate of drug-likeness (QED) is 0.121. The SMILES string of the molecule is NC(=O)CCn1c(NC(=O)c2ccc(-c3cccc([N+](=O)[O-])c3)o2)nc2cc(NCC(=O)c3ccccc3)ccc21. The number of fused-ring (bicyclic) bond motifs is 1. The van der Waals surface area contributed by atoms with E-state index in [1.807, 2.05) is 6.07 Å². The van der Waals surface area contributed by atoms with Crippen LogP contribution in [0.3, 0.4) is 0 Å². The molecule has 0 unspecified atom stereocenters. The lowest BCUT2D eigenvalue weighted by molar-refractivity contribution is -0.384. The van der Waals surface area contributed by atoms with Gasteiger partial charge in [0.1, 0.15) is 5.76 Å². The summed E-state index contributed by atoms with van der Waals surface area (Å²) in [5.41, 5.74) is 8.09. The van der Waals surface area contributed by atoms with Gasteiger partial charge in [0, 0.05) is 41.9 Å². The number of carbonyl (C=O) groups excluding carboxylic acids is 3. The highest BCUT2D eigenvalue weighted by Crippen LogP contribution is 2.27. The number of primary amides is 1. The van der Waals surface area contributed by atoms with Gasteiger partial charge in [-0.25, -0.2) is 4.98 Å². The number of non-ortho nitro benzene ring substituents is 1. The molecule has 0 aliphatic carbocycles. The number of nitrogens with zero attached hydrogens (tertiary/aromatic N) is 3. The van der Waals surface area contributed by atoms with Crippen LogP contribution in [0.4, 0.5) is 17.3 Å². The van der Waals surface area contributed by atoms with Crippen molar-refractivity contribution in [2.24, 2.45) is 5.73 Å². The first-order chi connectivity index (χ1) is 19.8. The second kappa shape index (κ2) is 11.5. The number of furan rings is 1. The smallest absolute Gasteiger partial charge is 0.293 e. The van der Waals surface area contributed by atoms with Gasteiger partial charge in [0.25, 0.3) is 11.6 Å². The fourth-order valence-corrected chi connectivity index (χ4v) is 4.24. The minimum Gasteiger partial charge on any atom is -0.451 e. The Balaban J connectivity index is 1.37. The lowest BCUT2D eigenvalue weighted by Crippen LogP contribution is -2.18. The van der Waals surface area contributed by atoms with Crippen LogP contribution in [0.25, 0.3) is 22.4 Å². The molecule has 2 aromatic heterocycles. The molecule has 0 radical (unpaired) electrons. The highest BCUT2D eigenvalue weighted by Gasteiger charge is 2.19.